The minimum Gasteiger partial charge on any atom is -0.467 e. The quantitative estimate of drug-likeness (QED) is 0.822. The average molecular weight is 339 g/mol. The molecule has 2 rings (SSSR count). The van der Waals surface area contributed by atoms with Gasteiger partial charge in [0.25, 0.3) is 0 Å². The summed E-state index contributed by atoms with van der Waals surface area (Å²) in [6.07, 6.45) is 0. The Morgan fingerprint density at radius 1 is 0.920 bits per heavy atom. The molecule has 0 heterocycles. The topological polar surface area (TPSA) is 55.4 Å². The van der Waals surface area contributed by atoms with Gasteiger partial charge in [0.1, 0.15) is 6.04 Å². The third-order valence-corrected chi connectivity index (χ3v) is 4.56. The molecule has 0 aliphatic rings. The summed E-state index contributed by atoms with van der Waals surface area (Å²) in [5.41, 5.74) is 0.820. The van der Waals surface area contributed by atoms with Crippen molar-refractivity contribution >= 4 is 11.9 Å². The minimum atomic E-state index is -0.913. The Morgan fingerprint density at radius 3 is 1.72 bits per heavy atom. The first-order chi connectivity index (χ1) is 11.9. The summed E-state index contributed by atoms with van der Waals surface area (Å²) in [4.78, 5) is 25.3. The predicted molar refractivity (Wildman–Crippen MR) is 98.1 cm³/mol. The number of hydrogen-bond donors (Lipinski definition) is 1. The van der Waals surface area contributed by atoms with Crippen LogP contribution in [0.2, 0.25) is 0 Å². The molecule has 25 heavy (non-hydrogen) atoms. The highest BCUT2D eigenvalue weighted by molar-refractivity contribution is 5.94. The maximum atomic E-state index is 13.3. The third-order valence-electron chi connectivity index (χ3n) is 4.56. The molecule has 132 valence electrons. The van der Waals surface area contributed by atoms with Crippen LogP contribution >= 0.6 is 0 Å². The van der Waals surface area contributed by atoms with Gasteiger partial charge in [0.05, 0.1) is 12.5 Å². The van der Waals surface area contributed by atoms with E-state index >= 15 is 0 Å². The van der Waals surface area contributed by atoms with Crippen molar-refractivity contribution in [3.8, 4) is 0 Å². The lowest BCUT2D eigenvalue weighted by Crippen LogP contribution is -2.52. The first-order valence-electron chi connectivity index (χ1n) is 8.41. The molecule has 0 spiro atoms. The van der Waals surface area contributed by atoms with Crippen LogP contribution in [0.5, 0.6) is 0 Å². The summed E-state index contributed by atoms with van der Waals surface area (Å²) in [7, 11) is 1.33. The first kappa shape index (κ1) is 18.7. The molecule has 4 heteroatoms. The van der Waals surface area contributed by atoms with E-state index in [1.165, 1.54) is 7.11 Å². The molecule has 0 bridgehead atoms. The van der Waals surface area contributed by atoms with Gasteiger partial charge in [-0.25, -0.2) is 4.79 Å². The zero-order valence-corrected chi connectivity index (χ0v) is 15.2. The molecule has 0 fully saturated rings. The first-order valence-corrected chi connectivity index (χ1v) is 8.41. The zero-order valence-electron chi connectivity index (χ0n) is 15.2. The molecule has 0 radical (unpaired) electrons. The molecule has 4 nitrogen and oxygen atoms in total. The summed E-state index contributed by atoms with van der Waals surface area (Å²) in [5, 5.41) is 2.89. The number of hydrogen-bond acceptors (Lipinski definition) is 3. The molecule has 2 aromatic carbocycles. The fraction of sp³-hybridized carbons (Fsp3) is 0.333. The largest absolute Gasteiger partial charge is 0.467 e. The van der Waals surface area contributed by atoms with Crippen LogP contribution in [0.3, 0.4) is 0 Å². The molecule has 1 N–H and O–H groups in total. The molecule has 0 aliphatic carbocycles. The highest BCUT2D eigenvalue weighted by Crippen LogP contribution is 2.32. The molecule has 0 unspecified atom stereocenters. The lowest BCUT2D eigenvalue weighted by Gasteiger charge is -2.32. The number of carbonyl (C=O) groups excluding carboxylic acids is 2. The van der Waals surface area contributed by atoms with Crippen molar-refractivity contribution in [1.29, 1.82) is 0 Å². The maximum Gasteiger partial charge on any atom is 0.328 e. The van der Waals surface area contributed by atoms with Gasteiger partial charge in [-0.1, -0.05) is 74.5 Å². The summed E-state index contributed by atoms with van der Waals surface area (Å²) >= 11 is 0. The monoisotopic (exact) mass is 339 g/mol. The molecule has 1 atom stereocenters. The standard InChI is InChI=1S/C21H25NO3/c1-15(2)18(19(23)25-4)22-20(24)21(3,16-11-7-5-8-12-16)17-13-9-6-10-14-17/h5-15,18H,1-4H3,(H,22,24)/t18-/m0/s1. The van der Waals surface area contributed by atoms with Crippen LogP contribution in [0.25, 0.3) is 0 Å². The fourth-order valence-electron chi connectivity index (χ4n) is 2.88. The van der Waals surface area contributed by atoms with Gasteiger partial charge < -0.3 is 10.1 Å². The van der Waals surface area contributed by atoms with E-state index in [2.05, 4.69) is 5.32 Å². The molecular weight excluding hydrogens is 314 g/mol. The maximum absolute atomic E-state index is 13.3. The smallest absolute Gasteiger partial charge is 0.328 e. The number of ether oxygens (including phenoxy) is 1. The van der Waals surface area contributed by atoms with Crippen LogP contribution in [0.4, 0.5) is 0 Å². The van der Waals surface area contributed by atoms with Crippen LogP contribution < -0.4 is 5.32 Å². The second-order valence-electron chi connectivity index (χ2n) is 6.58. The van der Waals surface area contributed by atoms with Crippen molar-refractivity contribution in [2.24, 2.45) is 5.92 Å². The summed E-state index contributed by atoms with van der Waals surface area (Å²) < 4.78 is 4.84. The van der Waals surface area contributed by atoms with Gasteiger partial charge in [-0.2, -0.15) is 0 Å². The third kappa shape index (κ3) is 3.90. The molecule has 0 saturated carbocycles. The van der Waals surface area contributed by atoms with Crippen LogP contribution in [-0.2, 0) is 19.7 Å². The van der Waals surface area contributed by atoms with Crippen molar-refractivity contribution in [2.45, 2.75) is 32.2 Å². The van der Waals surface area contributed by atoms with E-state index in [9.17, 15) is 9.59 Å². The number of nitrogens with one attached hydrogen (secondary N) is 1. The minimum absolute atomic E-state index is 0.0767. The van der Waals surface area contributed by atoms with Crippen LogP contribution in [0, 0.1) is 5.92 Å². The van der Waals surface area contributed by atoms with Gasteiger partial charge in [-0.05, 0) is 24.0 Å². The van der Waals surface area contributed by atoms with Crippen molar-refractivity contribution in [1.82, 2.24) is 5.32 Å². The average Bonchev–Trinajstić information content (AvgIpc) is 2.65. The Kier molecular flexibility index (Phi) is 5.97. The number of esters is 1. The number of amides is 1. The van der Waals surface area contributed by atoms with E-state index in [1.54, 1.807) is 0 Å². The lowest BCUT2D eigenvalue weighted by molar-refractivity contribution is -0.146. The molecular formula is C21H25NO3. The molecule has 0 aliphatic heterocycles. The molecule has 1 amide bonds. The van der Waals surface area contributed by atoms with E-state index < -0.39 is 17.4 Å². The summed E-state index contributed by atoms with van der Waals surface area (Å²) in [5.74, 6) is -0.743. The lowest BCUT2D eigenvalue weighted by atomic mass is 9.75. The Labute approximate surface area is 149 Å². The van der Waals surface area contributed by atoms with E-state index in [4.69, 9.17) is 4.74 Å². The van der Waals surface area contributed by atoms with Gasteiger partial charge in [0.2, 0.25) is 5.91 Å². The van der Waals surface area contributed by atoms with Gasteiger partial charge in [0, 0.05) is 0 Å². The summed E-state index contributed by atoms with van der Waals surface area (Å²) in [6.45, 7) is 5.64. The van der Waals surface area contributed by atoms with Crippen molar-refractivity contribution in [3.05, 3.63) is 71.8 Å². The normalized spacial score (nSPS) is 12.5. The highest BCUT2D eigenvalue weighted by Gasteiger charge is 2.39. The number of carbonyl (C=O) groups is 2. The van der Waals surface area contributed by atoms with Crippen molar-refractivity contribution in [3.63, 3.8) is 0 Å². The summed E-state index contributed by atoms with van der Waals surface area (Å²) in [6, 6.07) is 18.5. The van der Waals surface area contributed by atoms with E-state index in [0.29, 0.717) is 0 Å². The van der Waals surface area contributed by atoms with Gasteiger partial charge in [-0.3, -0.25) is 4.79 Å². The van der Waals surface area contributed by atoms with E-state index in [0.717, 1.165) is 11.1 Å². The van der Waals surface area contributed by atoms with Crippen LogP contribution in [0.15, 0.2) is 60.7 Å². The van der Waals surface area contributed by atoms with Gasteiger partial charge >= 0.3 is 5.97 Å². The van der Waals surface area contributed by atoms with Crippen molar-refractivity contribution in [2.75, 3.05) is 7.11 Å². The fourth-order valence-corrected chi connectivity index (χ4v) is 2.88. The number of methoxy groups -OCH3 is 1. The highest BCUT2D eigenvalue weighted by atomic mass is 16.5. The molecule has 0 aromatic heterocycles. The van der Waals surface area contributed by atoms with E-state index in [1.807, 2.05) is 81.4 Å². The molecule has 2 aromatic rings. The Hall–Kier alpha value is -2.62. The second-order valence-corrected chi connectivity index (χ2v) is 6.58. The van der Waals surface area contributed by atoms with Gasteiger partial charge in [0.15, 0.2) is 0 Å². The SMILES string of the molecule is COC(=O)[C@@H](NC(=O)C(C)(c1ccccc1)c1ccccc1)C(C)C. The Balaban J connectivity index is 2.46. The predicted octanol–water partition coefficient (Wildman–Crippen LogP) is 3.31. The second kappa shape index (κ2) is 7.97. The van der Waals surface area contributed by atoms with Gasteiger partial charge in [-0.15, -0.1) is 0 Å². The Morgan fingerprint density at radius 2 is 1.36 bits per heavy atom. The van der Waals surface area contributed by atoms with Crippen LogP contribution in [-0.4, -0.2) is 25.0 Å². The Bertz CT molecular complexity index is 671. The zero-order chi connectivity index (χ0) is 18.4. The van der Waals surface area contributed by atoms with E-state index in [-0.39, 0.29) is 11.8 Å². The number of benzene rings is 2. The molecule has 0 saturated heterocycles. The van der Waals surface area contributed by atoms with Crippen molar-refractivity contribution < 1.29 is 14.3 Å². The number of rotatable bonds is 6. The van der Waals surface area contributed by atoms with Crippen LogP contribution in [0.1, 0.15) is 31.9 Å².